The summed E-state index contributed by atoms with van der Waals surface area (Å²) in [6.07, 6.45) is 1.55. The molecule has 0 aliphatic rings. The monoisotopic (exact) mass is 430 g/mol. The van der Waals surface area contributed by atoms with Crippen molar-refractivity contribution in [3.63, 3.8) is 0 Å². The van der Waals surface area contributed by atoms with E-state index in [1.165, 1.54) is 4.57 Å². The molecule has 0 spiro atoms. The molecule has 0 aliphatic heterocycles. The second kappa shape index (κ2) is 9.30. The predicted octanol–water partition coefficient (Wildman–Crippen LogP) is 3.20. The standard InChI is InChI=1S/C24H22N4O4/c1-16-8-3-5-10-18(16)22-26-23(32-27-22)19-11-7-13-28(24(19)30)15-21(29)25-14-17-9-4-6-12-20(17)31-2/h3-13H,14-15H2,1-2H3,(H,25,29). The number of pyridine rings is 1. The molecule has 162 valence electrons. The van der Waals surface area contributed by atoms with Crippen molar-refractivity contribution in [2.45, 2.75) is 20.0 Å². The molecular formula is C24H22N4O4. The van der Waals surface area contributed by atoms with Crippen molar-refractivity contribution in [2.24, 2.45) is 0 Å². The number of aryl methyl sites for hydroxylation is 1. The average molecular weight is 430 g/mol. The van der Waals surface area contributed by atoms with E-state index >= 15 is 0 Å². The van der Waals surface area contributed by atoms with Gasteiger partial charge in [-0.1, -0.05) is 47.6 Å². The van der Waals surface area contributed by atoms with Crippen molar-refractivity contribution in [2.75, 3.05) is 7.11 Å². The van der Waals surface area contributed by atoms with Gasteiger partial charge in [0.05, 0.1) is 7.11 Å². The zero-order chi connectivity index (χ0) is 22.5. The first kappa shape index (κ1) is 21.0. The molecule has 8 nitrogen and oxygen atoms in total. The number of methoxy groups -OCH3 is 1. The van der Waals surface area contributed by atoms with E-state index in [9.17, 15) is 9.59 Å². The molecule has 8 heteroatoms. The largest absolute Gasteiger partial charge is 0.496 e. The molecule has 0 bridgehead atoms. The molecule has 0 saturated heterocycles. The Bertz CT molecular complexity index is 1310. The number of hydrogen-bond donors (Lipinski definition) is 1. The van der Waals surface area contributed by atoms with Crippen molar-refractivity contribution in [3.8, 4) is 28.6 Å². The summed E-state index contributed by atoms with van der Waals surface area (Å²) in [6.45, 7) is 2.10. The zero-order valence-electron chi connectivity index (χ0n) is 17.7. The molecule has 4 rings (SSSR count). The number of amides is 1. The van der Waals surface area contributed by atoms with Crippen LogP contribution in [0.1, 0.15) is 11.1 Å². The Hall–Kier alpha value is -4.20. The minimum atomic E-state index is -0.389. The molecule has 4 aromatic rings. The molecule has 0 atom stereocenters. The maximum Gasteiger partial charge on any atom is 0.263 e. The number of carbonyl (C=O) groups excluding carboxylic acids is 1. The fraction of sp³-hybridized carbons (Fsp3) is 0.167. The Balaban J connectivity index is 1.50. The van der Waals surface area contributed by atoms with Gasteiger partial charge in [0.2, 0.25) is 11.7 Å². The van der Waals surface area contributed by atoms with Crippen molar-refractivity contribution >= 4 is 5.91 Å². The normalized spacial score (nSPS) is 10.7. The first-order chi connectivity index (χ1) is 15.6. The lowest BCUT2D eigenvalue weighted by Crippen LogP contribution is -2.32. The minimum absolute atomic E-state index is 0.108. The van der Waals surface area contributed by atoms with E-state index < -0.39 is 0 Å². The summed E-state index contributed by atoms with van der Waals surface area (Å²) in [5.41, 5.74) is 2.52. The van der Waals surface area contributed by atoms with Crippen LogP contribution in [0.4, 0.5) is 0 Å². The van der Waals surface area contributed by atoms with E-state index in [0.29, 0.717) is 18.1 Å². The molecule has 0 aliphatic carbocycles. The van der Waals surface area contributed by atoms with Gasteiger partial charge in [-0.2, -0.15) is 4.98 Å². The Morgan fingerprint density at radius 3 is 2.62 bits per heavy atom. The number of nitrogens with zero attached hydrogens (tertiary/aromatic N) is 3. The molecule has 0 saturated carbocycles. The summed E-state index contributed by atoms with van der Waals surface area (Å²) in [7, 11) is 1.58. The fourth-order valence-electron chi connectivity index (χ4n) is 3.34. The Morgan fingerprint density at radius 1 is 1.06 bits per heavy atom. The van der Waals surface area contributed by atoms with E-state index in [2.05, 4.69) is 15.5 Å². The topological polar surface area (TPSA) is 99.2 Å². The van der Waals surface area contributed by atoms with Gasteiger partial charge in [-0.25, -0.2) is 0 Å². The SMILES string of the molecule is COc1ccccc1CNC(=O)Cn1cccc(-c2nc(-c3ccccc3C)no2)c1=O. The number of nitrogens with one attached hydrogen (secondary N) is 1. The van der Waals surface area contributed by atoms with Crippen LogP contribution in [-0.4, -0.2) is 27.7 Å². The molecular weight excluding hydrogens is 408 g/mol. The maximum absolute atomic E-state index is 12.9. The highest BCUT2D eigenvalue weighted by atomic mass is 16.5. The highest BCUT2D eigenvalue weighted by molar-refractivity contribution is 5.76. The fourth-order valence-corrected chi connectivity index (χ4v) is 3.34. The second-order valence-electron chi connectivity index (χ2n) is 7.18. The summed E-state index contributed by atoms with van der Waals surface area (Å²) >= 11 is 0. The van der Waals surface area contributed by atoms with Gasteiger partial charge in [0.25, 0.3) is 11.4 Å². The molecule has 1 N–H and O–H groups in total. The van der Waals surface area contributed by atoms with Gasteiger partial charge in [0, 0.05) is 23.9 Å². The van der Waals surface area contributed by atoms with E-state index in [4.69, 9.17) is 9.26 Å². The molecule has 2 aromatic heterocycles. The first-order valence-corrected chi connectivity index (χ1v) is 10.0. The highest BCUT2D eigenvalue weighted by Gasteiger charge is 2.16. The summed E-state index contributed by atoms with van der Waals surface area (Å²) in [5.74, 6) is 0.897. The Kier molecular flexibility index (Phi) is 6.12. The quantitative estimate of drug-likeness (QED) is 0.483. The van der Waals surface area contributed by atoms with E-state index in [0.717, 1.165) is 16.7 Å². The first-order valence-electron chi connectivity index (χ1n) is 10.0. The lowest BCUT2D eigenvalue weighted by Gasteiger charge is -2.10. The Labute approximate surface area is 184 Å². The van der Waals surface area contributed by atoms with Crippen LogP contribution in [0, 0.1) is 6.92 Å². The summed E-state index contributed by atoms with van der Waals surface area (Å²) < 4.78 is 11.9. The zero-order valence-corrected chi connectivity index (χ0v) is 17.7. The van der Waals surface area contributed by atoms with E-state index in [1.807, 2.05) is 55.5 Å². The molecule has 0 unspecified atom stereocenters. The van der Waals surface area contributed by atoms with E-state index in [1.54, 1.807) is 25.4 Å². The minimum Gasteiger partial charge on any atom is -0.496 e. The highest BCUT2D eigenvalue weighted by Crippen LogP contribution is 2.23. The summed E-state index contributed by atoms with van der Waals surface area (Å²) in [5, 5.41) is 6.82. The lowest BCUT2D eigenvalue weighted by molar-refractivity contribution is -0.121. The number of benzene rings is 2. The van der Waals surface area contributed by atoms with Crippen LogP contribution >= 0.6 is 0 Å². The molecule has 1 amide bonds. The van der Waals surface area contributed by atoms with Gasteiger partial charge < -0.3 is 19.1 Å². The van der Waals surface area contributed by atoms with Crippen molar-refractivity contribution < 1.29 is 14.1 Å². The van der Waals surface area contributed by atoms with Crippen LogP contribution in [0.5, 0.6) is 5.75 Å². The Morgan fingerprint density at radius 2 is 1.81 bits per heavy atom. The van der Waals surface area contributed by atoms with Crippen LogP contribution in [0.3, 0.4) is 0 Å². The number of hydrogen-bond acceptors (Lipinski definition) is 6. The molecule has 2 aromatic carbocycles. The molecule has 32 heavy (non-hydrogen) atoms. The van der Waals surface area contributed by atoms with Gasteiger partial charge in [-0.3, -0.25) is 9.59 Å². The number of carbonyl (C=O) groups is 1. The third-order valence-electron chi connectivity index (χ3n) is 5.05. The maximum atomic E-state index is 12.9. The van der Waals surface area contributed by atoms with Gasteiger partial charge in [0.15, 0.2) is 0 Å². The number of rotatable bonds is 7. The van der Waals surface area contributed by atoms with Crippen molar-refractivity contribution in [1.29, 1.82) is 0 Å². The number of para-hydroxylation sites is 1. The molecule has 0 fully saturated rings. The summed E-state index contributed by atoms with van der Waals surface area (Å²) in [6, 6.07) is 18.3. The number of aromatic nitrogens is 3. The second-order valence-corrected chi connectivity index (χ2v) is 7.18. The van der Waals surface area contributed by atoms with E-state index in [-0.39, 0.29) is 29.5 Å². The van der Waals surface area contributed by atoms with Crippen LogP contribution in [-0.2, 0) is 17.9 Å². The van der Waals surface area contributed by atoms with Crippen LogP contribution in [0.15, 0.2) is 76.2 Å². The third-order valence-corrected chi connectivity index (χ3v) is 5.05. The lowest BCUT2D eigenvalue weighted by atomic mass is 10.1. The molecule has 0 radical (unpaired) electrons. The van der Waals surface area contributed by atoms with Crippen molar-refractivity contribution in [1.82, 2.24) is 20.0 Å². The van der Waals surface area contributed by atoms with Crippen LogP contribution < -0.4 is 15.6 Å². The predicted molar refractivity (Wildman–Crippen MR) is 119 cm³/mol. The van der Waals surface area contributed by atoms with Gasteiger partial charge in [-0.05, 0) is 30.7 Å². The smallest absolute Gasteiger partial charge is 0.263 e. The van der Waals surface area contributed by atoms with Crippen molar-refractivity contribution in [3.05, 3.63) is 88.3 Å². The summed E-state index contributed by atoms with van der Waals surface area (Å²) in [4.78, 5) is 29.8. The van der Waals surface area contributed by atoms with Gasteiger partial charge in [0.1, 0.15) is 17.9 Å². The molecule has 2 heterocycles. The average Bonchev–Trinajstić information content (AvgIpc) is 3.29. The third kappa shape index (κ3) is 4.44. The number of ether oxygens (including phenoxy) is 1. The van der Waals surface area contributed by atoms with Crippen LogP contribution in [0.2, 0.25) is 0 Å². The van der Waals surface area contributed by atoms with Gasteiger partial charge in [-0.15, -0.1) is 0 Å². The van der Waals surface area contributed by atoms with Gasteiger partial charge >= 0.3 is 0 Å². The van der Waals surface area contributed by atoms with Crippen LogP contribution in [0.25, 0.3) is 22.8 Å².